The lowest BCUT2D eigenvalue weighted by molar-refractivity contribution is -0.127. The molecule has 1 aromatic heterocycles. The molecule has 100 valence electrons. The molecule has 18 heavy (non-hydrogen) atoms. The topological polar surface area (TPSA) is 67.2 Å². The van der Waals surface area contributed by atoms with Gasteiger partial charge in [0.1, 0.15) is 5.69 Å². The lowest BCUT2D eigenvalue weighted by Crippen LogP contribution is -2.37. The quantitative estimate of drug-likeness (QED) is 0.877. The van der Waals surface area contributed by atoms with E-state index in [1.54, 1.807) is 21.0 Å². The number of amides is 2. The SMILES string of the molecule is CCn1nc(C)c(Cl)c1C(=O)NCC(=O)N(C)C. The van der Waals surface area contributed by atoms with Gasteiger partial charge in [-0.2, -0.15) is 5.10 Å². The molecule has 2 amide bonds. The van der Waals surface area contributed by atoms with Crippen LogP contribution in [-0.2, 0) is 11.3 Å². The van der Waals surface area contributed by atoms with E-state index in [2.05, 4.69) is 10.4 Å². The Morgan fingerprint density at radius 1 is 1.44 bits per heavy atom. The average molecular weight is 273 g/mol. The molecule has 0 fully saturated rings. The van der Waals surface area contributed by atoms with Crippen LogP contribution in [0.3, 0.4) is 0 Å². The molecule has 0 aromatic carbocycles. The fourth-order valence-corrected chi connectivity index (χ4v) is 1.62. The highest BCUT2D eigenvalue weighted by atomic mass is 35.5. The minimum atomic E-state index is -0.391. The molecular weight excluding hydrogens is 256 g/mol. The van der Waals surface area contributed by atoms with Crippen molar-refractivity contribution in [3.05, 3.63) is 16.4 Å². The summed E-state index contributed by atoms with van der Waals surface area (Å²) in [6.07, 6.45) is 0. The number of likely N-dealkylation sites (N-methyl/N-ethyl adjacent to an activating group) is 1. The van der Waals surface area contributed by atoms with Crippen LogP contribution in [0.5, 0.6) is 0 Å². The Morgan fingerprint density at radius 3 is 2.56 bits per heavy atom. The number of carbonyl (C=O) groups excluding carboxylic acids is 2. The lowest BCUT2D eigenvalue weighted by Gasteiger charge is -2.11. The van der Waals surface area contributed by atoms with Crippen LogP contribution >= 0.6 is 11.6 Å². The summed E-state index contributed by atoms with van der Waals surface area (Å²) >= 11 is 6.03. The first-order valence-corrected chi connectivity index (χ1v) is 5.97. The van der Waals surface area contributed by atoms with Gasteiger partial charge >= 0.3 is 0 Å². The first-order valence-electron chi connectivity index (χ1n) is 5.59. The number of hydrogen-bond donors (Lipinski definition) is 1. The van der Waals surface area contributed by atoms with E-state index in [1.807, 2.05) is 6.92 Å². The van der Waals surface area contributed by atoms with E-state index >= 15 is 0 Å². The number of nitrogens with one attached hydrogen (secondary N) is 1. The van der Waals surface area contributed by atoms with Crippen molar-refractivity contribution < 1.29 is 9.59 Å². The van der Waals surface area contributed by atoms with Gasteiger partial charge in [-0.25, -0.2) is 0 Å². The Balaban J connectivity index is 2.82. The summed E-state index contributed by atoms with van der Waals surface area (Å²) in [5.41, 5.74) is 0.894. The van der Waals surface area contributed by atoms with E-state index in [4.69, 9.17) is 11.6 Å². The largest absolute Gasteiger partial charge is 0.347 e. The van der Waals surface area contributed by atoms with Crippen LogP contribution in [-0.4, -0.2) is 47.1 Å². The van der Waals surface area contributed by atoms with Crippen LogP contribution in [0, 0.1) is 6.92 Å². The van der Waals surface area contributed by atoms with Crippen molar-refractivity contribution in [3.8, 4) is 0 Å². The van der Waals surface area contributed by atoms with Crippen LogP contribution < -0.4 is 5.32 Å². The predicted octanol–water partition coefficient (Wildman–Crippen LogP) is 0.683. The van der Waals surface area contributed by atoms with Crippen molar-refractivity contribution in [1.82, 2.24) is 20.0 Å². The summed E-state index contributed by atoms with van der Waals surface area (Å²) in [6, 6.07) is 0. The minimum absolute atomic E-state index is 0.0594. The van der Waals surface area contributed by atoms with Gasteiger partial charge in [0.15, 0.2) is 0 Å². The van der Waals surface area contributed by atoms with Crippen LogP contribution in [0.15, 0.2) is 0 Å². The molecule has 0 atom stereocenters. The van der Waals surface area contributed by atoms with Gasteiger partial charge in [-0.3, -0.25) is 14.3 Å². The Labute approximate surface area is 111 Å². The summed E-state index contributed by atoms with van der Waals surface area (Å²) in [7, 11) is 3.25. The highest BCUT2D eigenvalue weighted by Crippen LogP contribution is 2.19. The van der Waals surface area contributed by atoms with E-state index in [0.29, 0.717) is 23.0 Å². The molecule has 0 radical (unpaired) electrons. The molecule has 7 heteroatoms. The molecule has 0 spiro atoms. The van der Waals surface area contributed by atoms with Crippen LogP contribution in [0.25, 0.3) is 0 Å². The zero-order valence-corrected chi connectivity index (χ0v) is 11.7. The molecule has 1 aromatic rings. The van der Waals surface area contributed by atoms with Crippen molar-refractivity contribution in [1.29, 1.82) is 0 Å². The van der Waals surface area contributed by atoms with Gasteiger partial charge in [0.25, 0.3) is 5.91 Å². The van der Waals surface area contributed by atoms with Gasteiger partial charge in [0, 0.05) is 20.6 Å². The van der Waals surface area contributed by atoms with Crippen molar-refractivity contribution >= 4 is 23.4 Å². The fraction of sp³-hybridized carbons (Fsp3) is 0.545. The molecule has 0 unspecified atom stereocenters. The Hall–Kier alpha value is -1.56. The van der Waals surface area contributed by atoms with Gasteiger partial charge < -0.3 is 10.2 Å². The minimum Gasteiger partial charge on any atom is -0.347 e. The highest BCUT2D eigenvalue weighted by molar-refractivity contribution is 6.34. The monoisotopic (exact) mass is 272 g/mol. The van der Waals surface area contributed by atoms with E-state index < -0.39 is 5.91 Å². The van der Waals surface area contributed by atoms with Crippen LogP contribution in [0.1, 0.15) is 23.1 Å². The zero-order chi connectivity index (χ0) is 13.9. The third-order valence-electron chi connectivity index (χ3n) is 2.47. The molecule has 1 rings (SSSR count). The summed E-state index contributed by atoms with van der Waals surface area (Å²) in [4.78, 5) is 24.7. The molecule has 0 aliphatic carbocycles. The first-order chi connectivity index (χ1) is 8.38. The number of halogens is 1. The lowest BCUT2D eigenvalue weighted by atomic mass is 10.3. The van der Waals surface area contributed by atoms with E-state index in [1.165, 1.54) is 9.58 Å². The summed E-state index contributed by atoms with van der Waals surface area (Å²) in [6.45, 7) is 4.08. The number of nitrogens with zero attached hydrogens (tertiary/aromatic N) is 3. The maximum absolute atomic E-state index is 12.0. The summed E-state index contributed by atoms with van der Waals surface area (Å²) in [5, 5.41) is 7.00. The van der Waals surface area contributed by atoms with E-state index in [9.17, 15) is 9.59 Å². The normalized spacial score (nSPS) is 10.3. The van der Waals surface area contributed by atoms with E-state index in [0.717, 1.165) is 0 Å². The summed E-state index contributed by atoms with van der Waals surface area (Å²) < 4.78 is 1.52. The number of aromatic nitrogens is 2. The number of rotatable bonds is 4. The zero-order valence-electron chi connectivity index (χ0n) is 11.0. The number of aryl methyl sites for hydroxylation is 2. The standard InChI is InChI=1S/C11H17ClN4O2/c1-5-16-10(9(12)7(2)14-16)11(18)13-6-8(17)15(3)4/h5-6H2,1-4H3,(H,13,18). The van der Waals surface area contributed by atoms with Gasteiger partial charge in [-0.15, -0.1) is 0 Å². The first kappa shape index (κ1) is 14.5. The molecule has 0 bridgehead atoms. The second kappa shape index (κ2) is 5.86. The molecule has 0 aliphatic rings. The molecule has 6 nitrogen and oxygen atoms in total. The molecule has 0 aliphatic heterocycles. The molecular formula is C11H17ClN4O2. The number of carbonyl (C=O) groups is 2. The molecule has 1 N–H and O–H groups in total. The smallest absolute Gasteiger partial charge is 0.271 e. The second-order valence-electron chi connectivity index (χ2n) is 4.03. The summed E-state index contributed by atoms with van der Waals surface area (Å²) in [5.74, 6) is -0.573. The fourth-order valence-electron chi connectivity index (χ4n) is 1.40. The second-order valence-corrected chi connectivity index (χ2v) is 4.41. The molecule has 0 saturated carbocycles. The van der Waals surface area contributed by atoms with Crippen molar-refractivity contribution in [2.24, 2.45) is 0 Å². The van der Waals surface area contributed by atoms with Gasteiger partial charge in [0.2, 0.25) is 5.91 Å². The average Bonchev–Trinajstić information content (AvgIpc) is 2.61. The highest BCUT2D eigenvalue weighted by Gasteiger charge is 2.20. The molecule has 0 saturated heterocycles. The van der Waals surface area contributed by atoms with Crippen molar-refractivity contribution in [3.63, 3.8) is 0 Å². The van der Waals surface area contributed by atoms with Gasteiger partial charge in [-0.1, -0.05) is 11.6 Å². The third-order valence-corrected chi connectivity index (χ3v) is 2.92. The Kier molecular flexibility index (Phi) is 4.72. The van der Waals surface area contributed by atoms with Crippen molar-refractivity contribution in [2.75, 3.05) is 20.6 Å². The Morgan fingerprint density at radius 2 is 2.06 bits per heavy atom. The van der Waals surface area contributed by atoms with Crippen LogP contribution in [0.2, 0.25) is 5.02 Å². The van der Waals surface area contributed by atoms with Gasteiger partial charge in [-0.05, 0) is 13.8 Å². The predicted molar refractivity (Wildman–Crippen MR) is 68.7 cm³/mol. The maximum Gasteiger partial charge on any atom is 0.271 e. The van der Waals surface area contributed by atoms with E-state index in [-0.39, 0.29) is 12.5 Å². The Bertz CT molecular complexity index is 468. The van der Waals surface area contributed by atoms with Gasteiger partial charge in [0.05, 0.1) is 17.3 Å². The van der Waals surface area contributed by atoms with Crippen LogP contribution in [0.4, 0.5) is 0 Å². The van der Waals surface area contributed by atoms with Crippen molar-refractivity contribution in [2.45, 2.75) is 20.4 Å². The maximum atomic E-state index is 12.0. The number of hydrogen-bond acceptors (Lipinski definition) is 3. The molecule has 1 heterocycles. The third kappa shape index (κ3) is 3.01.